The van der Waals surface area contributed by atoms with E-state index in [0.717, 1.165) is 41.4 Å². The number of carbonyl (C=O) groups excluding carboxylic acids is 3. The van der Waals surface area contributed by atoms with Gasteiger partial charge in [-0.2, -0.15) is 0 Å². The van der Waals surface area contributed by atoms with Gasteiger partial charge in [-0.25, -0.2) is 4.79 Å². The van der Waals surface area contributed by atoms with Gasteiger partial charge in [0.1, 0.15) is 0 Å². The number of likely N-dealkylation sites (N-methyl/N-ethyl adjacent to an activating group) is 1. The van der Waals surface area contributed by atoms with Crippen LogP contribution in [0.25, 0.3) is 10.9 Å². The molecule has 0 saturated carbocycles. The average molecular weight is 426 g/mol. The van der Waals surface area contributed by atoms with E-state index in [2.05, 4.69) is 26.1 Å². The van der Waals surface area contributed by atoms with E-state index in [1.165, 1.54) is 4.90 Å². The van der Waals surface area contributed by atoms with Crippen molar-refractivity contribution in [2.45, 2.75) is 40.0 Å². The molecule has 1 aliphatic rings. The first-order chi connectivity index (χ1) is 14.6. The number of carbonyl (C=O) groups is 3. The molecule has 0 unspecified atom stereocenters. The Morgan fingerprint density at radius 3 is 2.58 bits per heavy atom. The molecule has 0 saturated heterocycles. The van der Waals surface area contributed by atoms with Crippen LogP contribution in [-0.4, -0.2) is 54.9 Å². The molecule has 0 spiro atoms. The zero-order chi connectivity index (χ0) is 22.8. The highest BCUT2D eigenvalue weighted by atomic mass is 16.5. The van der Waals surface area contributed by atoms with Crippen LogP contribution in [0.2, 0.25) is 0 Å². The van der Waals surface area contributed by atoms with Gasteiger partial charge in [0.05, 0.1) is 17.6 Å². The maximum atomic E-state index is 13.1. The Labute approximate surface area is 183 Å². The lowest BCUT2D eigenvalue weighted by molar-refractivity contribution is -0.131. The van der Waals surface area contributed by atoms with Crippen molar-refractivity contribution in [1.29, 1.82) is 0 Å². The van der Waals surface area contributed by atoms with E-state index >= 15 is 0 Å². The number of rotatable bonds is 5. The number of amides is 2. The highest BCUT2D eigenvalue weighted by molar-refractivity contribution is 6.05. The quantitative estimate of drug-likeness (QED) is 0.744. The van der Waals surface area contributed by atoms with Gasteiger partial charge >= 0.3 is 5.97 Å². The third-order valence-electron chi connectivity index (χ3n) is 5.96. The highest BCUT2D eigenvalue weighted by Gasteiger charge is 2.33. The summed E-state index contributed by atoms with van der Waals surface area (Å²) in [5.41, 5.74) is 3.24. The number of esters is 1. The standard InChI is InChI=1S/C24H31N3O4/c1-24(2,3)15-10-11-19-17(12-15)22(16-8-6-7-9-18(16)26-19)23(30)31-14-20(28)25-13-21(29)27(4)5/h6-9,15H,10-14H2,1-5H3,(H,25,28)/t15-/m1/s1. The van der Waals surface area contributed by atoms with Gasteiger partial charge in [-0.05, 0) is 42.2 Å². The smallest absolute Gasteiger partial charge is 0.339 e. The first-order valence-corrected chi connectivity index (χ1v) is 10.6. The van der Waals surface area contributed by atoms with Gasteiger partial charge in [0, 0.05) is 25.2 Å². The van der Waals surface area contributed by atoms with Crippen molar-refractivity contribution in [1.82, 2.24) is 15.2 Å². The predicted octanol–water partition coefficient (Wildman–Crippen LogP) is 2.75. The topological polar surface area (TPSA) is 88.6 Å². The van der Waals surface area contributed by atoms with Gasteiger partial charge in [-0.15, -0.1) is 0 Å². The van der Waals surface area contributed by atoms with E-state index < -0.39 is 18.5 Å². The summed E-state index contributed by atoms with van der Waals surface area (Å²) in [6.07, 6.45) is 2.60. The molecule has 1 aromatic heterocycles. The number of aromatic nitrogens is 1. The molecule has 166 valence electrons. The molecule has 2 aromatic rings. The van der Waals surface area contributed by atoms with Crippen LogP contribution in [0.1, 0.15) is 48.8 Å². The molecule has 0 radical (unpaired) electrons. The van der Waals surface area contributed by atoms with Crippen LogP contribution in [0, 0.1) is 11.3 Å². The molecule has 1 heterocycles. The summed E-state index contributed by atoms with van der Waals surface area (Å²) in [5, 5.41) is 3.22. The summed E-state index contributed by atoms with van der Waals surface area (Å²) >= 11 is 0. The van der Waals surface area contributed by atoms with Crippen molar-refractivity contribution in [3.8, 4) is 0 Å². The summed E-state index contributed by atoms with van der Waals surface area (Å²) in [5.74, 6) is -0.848. The molecule has 3 rings (SSSR count). The first kappa shape index (κ1) is 22.7. The molecule has 1 N–H and O–H groups in total. The van der Waals surface area contributed by atoms with Gasteiger partial charge in [-0.3, -0.25) is 14.6 Å². The molecule has 7 nitrogen and oxygen atoms in total. The van der Waals surface area contributed by atoms with Crippen LogP contribution < -0.4 is 5.32 Å². The Bertz CT molecular complexity index is 1010. The normalized spacial score (nSPS) is 15.8. The lowest BCUT2D eigenvalue weighted by Gasteiger charge is -2.35. The largest absolute Gasteiger partial charge is 0.452 e. The molecule has 0 fully saturated rings. The molecule has 0 bridgehead atoms. The molecule has 1 aliphatic carbocycles. The number of hydrogen-bond donors (Lipinski definition) is 1. The van der Waals surface area contributed by atoms with Crippen LogP contribution in [0.15, 0.2) is 24.3 Å². The Balaban J connectivity index is 1.84. The van der Waals surface area contributed by atoms with Crippen molar-refractivity contribution in [3.63, 3.8) is 0 Å². The molecular formula is C24H31N3O4. The van der Waals surface area contributed by atoms with E-state index in [4.69, 9.17) is 9.72 Å². The van der Waals surface area contributed by atoms with E-state index in [1.54, 1.807) is 14.1 Å². The Morgan fingerprint density at radius 1 is 1.19 bits per heavy atom. The fourth-order valence-electron chi connectivity index (χ4n) is 3.95. The van der Waals surface area contributed by atoms with Gasteiger partial charge in [-0.1, -0.05) is 39.0 Å². The van der Waals surface area contributed by atoms with E-state index in [0.29, 0.717) is 11.5 Å². The lowest BCUT2D eigenvalue weighted by atomic mass is 9.70. The average Bonchev–Trinajstić information content (AvgIpc) is 2.72. The Hall–Kier alpha value is -2.96. The van der Waals surface area contributed by atoms with Crippen LogP contribution >= 0.6 is 0 Å². The van der Waals surface area contributed by atoms with Crippen molar-refractivity contribution in [2.75, 3.05) is 27.2 Å². The van der Waals surface area contributed by atoms with Gasteiger partial charge < -0.3 is 15.0 Å². The first-order valence-electron chi connectivity index (χ1n) is 10.6. The maximum absolute atomic E-state index is 13.1. The van der Waals surface area contributed by atoms with E-state index in [1.807, 2.05) is 24.3 Å². The van der Waals surface area contributed by atoms with Crippen LogP contribution in [-0.2, 0) is 27.2 Å². The molecule has 2 amide bonds. The van der Waals surface area contributed by atoms with Gasteiger partial charge in [0.2, 0.25) is 5.91 Å². The third kappa shape index (κ3) is 5.21. The van der Waals surface area contributed by atoms with Crippen LogP contribution in [0.5, 0.6) is 0 Å². The minimum absolute atomic E-state index is 0.114. The monoisotopic (exact) mass is 425 g/mol. The minimum atomic E-state index is -0.529. The summed E-state index contributed by atoms with van der Waals surface area (Å²) in [6, 6.07) is 7.53. The number of ether oxygens (including phenoxy) is 1. The predicted molar refractivity (Wildman–Crippen MR) is 119 cm³/mol. The van der Waals surface area contributed by atoms with Crippen molar-refractivity contribution in [2.24, 2.45) is 11.3 Å². The second-order valence-corrected chi connectivity index (χ2v) is 9.38. The Morgan fingerprint density at radius 2 is 1.90 bits per heavy atom. The fourth-order valence-corrected chi connectivity index (χ4v) is 3.95. The number of nitrogens with zero attached hydrogens (tertiary/aromatic N) is 2. The summed E-state index contributed by atoms with van der Waals surface area (Å²) in [6.45, 7) is 6.08. The number of nitrogens with one attached hydrogen (secondary N) is 1. The molecule has 1 aromatic carbocycles. The third-order valence-corrected chi connectivity index (χ3v) is 5.96. The SMILES string of the molecule is CN(C)C(=O)CNC(=O)COC(=O)c1c2c(nc3ccccc13)CC[C@@H](C(C)(C)C)C2. The summed E-state index contributed by atoms with van der Waals surface area (Å²) in [4.78, 5) is 43.0. The number of benzene rings is 1. The zero-order valence-corrected chi connectivity index (χ0v) is 18.9. The zero-order valence-electron chi connectivity index (χ0n) is 18.9. The van der Waals surface area contributed by atoms with Crippen LogP contribution in [0.4, 0.5) is 0 Å². The second-order valence-electron chi connectivity index (χ2n) is 9.38. The number of aryl methyl sites for hydroxylation is 1. The minimum Gasteiger partial charge on any atom is -0.452 e. The molecular weight excluding hydrogens is 394 g/mol. The van der Waals surface area contributed by atoms with Crippen molar-refractivity contribution in [3.05, 3.63) is 41.1 Å². The molecule has 7 heteroatoms. The van der Waals surface area contributed by atoms with Gasteiger partial charge in [0.25, 0.3) is 5.91 Å². The van der Waals surface area contributed by atoms with Gasteiger partial charge in [0.15, 0.2) is 6.61 Å². The van der Waals surface area contributed by atoms with Crippen LogP contribution in [0.3, 0.4) is 0 Å². The highest BCUT2D eigenvalue weighted by Crippen LogP contribution is 2.39. The number of fused-ring (bicyclic) bond motifs is 2. The summed E-state index contributed by atoms with van der Waals surface area (Å²) < 4.78 is 5.37. The molecule has 31 heavy (non-hydrogen) atoms. The van der Waals surface area contributed by atoms with E-state index in [-0.39, 0.29) is 17.9 Å². The maximum Gasteiger partial charge on any atom is 0.339 e. The second kappa shape index (κ2) is 9.04. The Kier molecular flexibility index (Phi) is 6.62. The van der Waals surface area contributed by atoms with Crippen molar-refractivity contribution < 1.29 is 19.1 Å². The number of hydrogen-bond acceptors (Lipinski definition) is 5. The molecule has 0 aliphatic heterocycles. The van der Waals surface area contributed by atoms with E-state index in [9.17, 15) is 14.4 Å². The molecule has 1 atom stereocenters. The number of pyridine rings is 1. The summed E-state index contributed by atoms with van der Waals surface area (Å²) in [7, 11) is 3.22. The fraction of sp³-hybridized carbons (Fsp3) is 0.500. The van der Waals surface area contributed by atoms with Crippen molar-refractivity contribution >= 4 is 28.7 Å². The number of para-hydroxylation sites is 1. The lowest BCUT2D eigenvalue weighted by Crippen LogP contribution is -2.38.